The minimum absolute atomic E-state index is 0.214. The van der Waals surface area contributed by atoms with Gasteiger partial charge in [-0.1, -0.05) is 98.3 Å². The first-order chi connectivity index (χ1) is 20.4. The lowest BCUT2D eigenvalue weighted by Gasteiger charge is -2.44. The highest BCUT2D eigenvalue weighted by atomic mass is 16.6. The van der Waals surface area contributed by atoms with Gasteiger partial charge in [0.2, 0.25) is 0 Å². The van der Waals surface area contributed by atoms with Crippen LogP contribution in [0.15, 0.2) is 84.9 Å². The molecule has 1 saturated carbocycles. The smallest absolute Gasteiger partial charge is 0.132 e. The predicted octanol–water partition coefficient (Wildman–Crippen LogP) is 9.54. The molecule has 0 amide bonds. The number of hydrogen-bond acceptors (Lipinski definition) is 4. The molecular weight excluding hydrogens is 518 g/mol. The van der Waals surface area contributed by atoms with E-state index in [0.29, 0.717) is 6.61 Å². The van der Waals surface area contributed by atoms with E-state index in [1.54, 1.807) is 0 Å². The minimum Gasteiger partial charge on any atom is -0.485 e. The largest absolute Gasteiger partial charge is 0.485 e. The molecule has 4 heteroatoms. The van der Waals surface area contributed by atoms with Gasteiger partial charge in [0, 0.05) is 24.4 Å². The van der Waals surface area contributed by atoms with E-state index in [9.17, 15) is 0 Å². The lowest BCUT2D eigenvalue weighted by Crippen LogP contribution is -2.51. The van der Waals surface area contributed by atoms with E-state index in [1.165, 1.54) is 54.0 Å². The topological polar surface area (TPSA) is 39.7 Å². The van der Waals surface area contributed by atoms with Gasteiger partial charge in [-0.15, -0.1) is 0 Å². The lowest BCUT2D eigenvalue weighted by atomic mass is 9.86. The molecule has 1 fully saturated rings. The fourth-order valence-electron chi connectivity index (χ4n) is 6.57. The third kappa shape index (κ3) is 6.82. The molecule has 220 valence electrons. The number of rotatable bonds is 10. The number of benzene rings is 4. The molecule has 1 aliphatic carbocycles. The first kappa shape index (κ1) is 28.8. The molecule has 2 unspecified atom stereocenters. The van der Waals surface area contributed by atoms with E-state index in [2.05, 4.69) is 111 Å². The molecule has 2 atom stereocenters. The molecule has 6 rings (SSSR count). The summed E-state index contributed by atoms with van der Waals surface area (Å²) in [5.74, 6) is 1.65. The van der Waals surface area contributed by atoms with Gasteiger partial charge in [-0.3, -0.25) is 0 Å². The first-order valence-corrected chi connectivity index (χ1v) is 15.8. The zero-order chi connectivity index (χ0) is 28.9. The van der Waals surface area contributed by atoms with Crippen LogP contribution in [0.4, 0.5) is 5.69 Å². The molecule has 0 spiro atoms. The van der Waals surface area contributed by atoms with Gasteiger partial charge in [-0.05, 0) is 79.3 Å². The third-order valence-electron chi connectivity index (χ3n) is 9.06. The lowest BCUT2D eigenvalue weighted by molar-refractivity contribution is -0.168. The van der Waals surface area contributed by atoms with E-state index >= 15 is 0 Å². The highest BCUT2D eigenvalue weighted by Crippen LogP contribution is 2.45. The normalized spacial score (nSPS) is 20.2. The Bertz CT molecular complexity index is 1470. The molecule has 4 aromatic rings. The molecule has 0 saturated heterocycles. The summed E-state index contributed by atoms with van der Waals surface area (Å²) in [5.41, 5.74) is 5.27. The Hall–Kier alpha value is -3.34. The van der Waals surface area contributed by atoms with Gasteiger partial charge in [0.1, 0.15) is 23.6 Å². The van der Waals surface area contributed by atoms with Crippen LogP contribution in [0.25, 0.3) is 10.8 Å². The second kappa shape index (κ2) is 12.9. The number of fused-ring (bicyclic) bond motifs is 2. The van der Waals surface area contributed by atoms with Crippen molar-refractivity contribution in [3.63, 3.8) is 0 Å². The van der Waals surface area contributed by atoms with E-state index in [1.807, 2.05) is 0 Å². The highest BCUT2D eigenvalue weighted by molar-refractivity contribution is 5.82. The Morgan fingerprint density at radius 3 is 2.38 bits per heavy atom. The maximum absolute atomic E-state index is 6.82. The maximum atomic E-state index is 6.82. The molecule has 4 nitrogen and oxygen atoms in total. The Labute approximate surface area is 251 Å². The second-order valence-corrected chi connectivity index (χ2v) is 12.8. The number of aryl methyl sites for hydroxylation is 1. The summed E-state index contributed by atoms with van der Waals surface area (Å²) in [4.78, 5) is 0. The average Bonchev–Trinajstić information content (AvgIpc) is 3.00. The fraction of sp³-hybridized carbons (Fsp3) is 0.421. The van der Waals surface area contributed by atoms with Gasteiger partial charge in [0.05, 0.1) is 6.61 Å². The van der Waals surface area contributed by atoms with Crippen LogP contribution < -0.4 is 10.1 Å². The quantitative estimate of drug-likeness (QED) is 0.209. The van der Waals surface area contributed by atoms with E-state index < -0.39 is 5.60 Å². The van der Waals surface area contributed by atoms with Crippen LogP contribution in [0, 0.1) is 12.8 Å². The van der Waals surface area contributed by atoms with Crippen molar-refractivity contribution in [3.05, 3.63) is 107 Å². The van der Waals surface area contributed by atoms with E-state index in [0.717, 1.165) is 48.1 Å². The van der Waals surface area contributed by atoms with Gasteiger partial charge >= 0.3 is 0 Å². The maximum Gasteiger partial charge on any atom is 0.132 e. The van der Waals surface area contributed by atoms with Crippen LogP contribution in [0.3, 0.4) is 0 Å². The standard InChI is InChI=1S/C38H45NO3/c1-27-13-15-29(16-14-27)25-39-33-19-20-35-34(24-33)36(40-22-21-28-9-5-4-6-10-28)37(38(2,3)42-35)41-26-30-17-18-31-11-7-8-12-32(31)23-30/h7-8,11-20,23-24,28,36-37,39H,4-6,9-10,21-22,25-26H2,1-3H3. The Morgan fingerprint density at radius 2 is 1.57 bits per heavy atom. The molecule has 1 aliphatic heterocycles. The summed E-state index contributed by atoms with van der Waals surface area (Å²) in [7, 11) is 0. The van der Waals surface area contributed by atoms with Crippen LogP contribution >= 0.6 is 0 Å². The van der Waals surface area contributed by atoms with Crippen molar-refractivity contribution in [2.75, 3.05) is 11.9 Å². The third-order valence-corrected chi connectivity index (χ3v) is 9.06. The first-order valence-electron chi connectivity index (χ1n) is 15.8. The van der Waals surface area contributed by atoms with Crippen molar-refractivity contribution in [2.24, 2.45) is 5.92 Å². The van der Waals surface area contributed by atoms with Gasteiger partial charge in [0.15, 0.2) is 0 Å². The van der Waals surface area contributed by atoms with Crippen LogP contribution in [0.5, 0.6) is 5.75 Å². The second-order valence-electron chi connectivity index (χ2n) is 12.8. The molecular formula is C38H45NO3. The van der Waals surface area contributed by atoms with Crippen LogP contribution in [-0.4, -0.2) is 18.3 Å². The number of ether oxygens (including phenoxy) is 3. The molecule has 0 radical (unpaired) electrons. The Kier molecular flexibility index (Phi) is 8.83. The van der Waals surface area contributed by atoms with E-state index in [-0.39, 0.29) is 12.2 Å². The van der Waals surface area contributed by atoms with Crippen LogP contribution in [0.2, 0.25) is 0 Å². The zero-order valence-electron chi connectivity index (χ0n) is 25.4. The molecule has 2 aliphatic rings. The number of nitrogens with one attached hydrogen (secondary N) is 1. The van der Waals surface area contributed by atoms with Crippen molar-refractivity contribution >= 4 is 16.5 Å². The summed E-state index contributed by atoms with van der Waals surface area (Å²) in [5, 5.41) is 6.09. The SMILES string of the molecule is Cc1ccc(CNc2ccc3c(c2)C(OCCC2CCCCC2)C(OCc2ccc4ccccc4c2)C(C)(C)O3)cc1. The number of anilines is 1. The van der Waals surface area contributed by atoms with Crippen molar-refractivity contribution in [3.8, 4) is 5.75 Å². The summed E-state index contributed by atoms with van der Waals surface area (Å²) >= 11 is 0. The van der Waals surface area contributed by atoms with Gasteiger partial charge in [0.25, 0.3) is 0 Å². The summed E-state index contributed by atoms with van der Waals surface area (Å²) < 4.78 is 20.2. The molecule has 42 heavy (non-hydrogen) atoms. The number of hydrogen-bond donors (Lipinski definition) is 1. The highest BCUT2D eigenvalue weighted by Gasteiger charge is 2.45. The molecule has 0 bridgehead atoms. The van der Waals surface area contributed by atoms with Crippen molar-refractivity contribution in [1.82, 2.24) is 0 Å². The van der Waals surface area contributed by atoms with Gasteiger partial charge < -0.3 is 19.5 Å². The molecule has 1 N–H and O–H groups in total. The van der Waals surface area contributed by atoms with E-state index in [4.69, 9.17) is 14.2 Å². The fourth-order valence-corrected chi connectivity index (χ4v) is 6.57. The minimum atomic E-state index is -0.545. The molecule has 4 aromatic carbocycles. The summed E-state index contributed by atoms with van der Waals surface area (Å²) in [6.07, 6.45) is 7.38. The molecule has 0 aromatic heterocycles. The average molecular weight is 564 g/mol. The van der Waals surface area contributed by atoms with Gasteiger partial charge in [-0.25, -0.2) is 0 Å². The van der Waals surface area contributed by atoms with Gasteiger partial charge in [-0.2, -0.15) is 0 Å². The van der Waals surface area contributed by atoms with Crippen molar-refractivity contribution < 1.29 is 14.2 Å². The Morgan fingerprint density at radius 1 is 0.810 bits per heavy atom. The molecule has 1 heterocycles. The Balaban J connectivity index is 1.23. The summed E-state index contributed by atoms with van der Waals surface area (Å²) in [6, 6.07) is 30.1. The van der Waals surface area contributed by atoms with Crippen LogP contribution in [-0.2, 0) is 22.6 Å². The monoisotopic (exact) mass is 563 g/mol. The van der Waals surface area contributed by atoms with Crippen molar-refractivity contribution in [2.45, 2.75) is 90.3 Å². The zero-order valence-corrected chi connectivity index (χ0v) is 25.4. The van der Waals surface area contributed by atoms with Crippen molar-refractivity contribution in [1.29, 1.82) is 0 Å². The summed E-state index contributed by atoms with van der Waals surface area (Å²) in [6.45, 7) is 8.38. The predicted molar refractivity (Wildman–Crippen MR) is 172 cm³/mol. The van der Waals surface area contributed by atoms with Crippen LogP contribution in [0.1, 0.15) is 80.7 Å².